The third-order valence-electron chi connectivity index (χ3n) is 2.33. The molecule has 19 heavy (non-hydrogen) atoms. The Morgan fingerprint density at radius 1 is 0.947 bits per heavy atom. The zero-order chi connectivity index (χ0) is 14.6. The molecular weight excluding hydrogens is 260 g/mol. The summed E-state index contributed by atoms with van der Waals surface area (Å²) in [6, 6.07) is 0. The fraction of sp³-hybridized carbons (Fsp3) is 0.727. The van der Waals surface area contributed by atoms with Gasteiger partial charge in [-0.3, -0.25) is 14.4 Å². The molecule has 1 saturated heterocycles. The maximum absolute atomic E-state index is 11.0. The molecule has 0 amide bonds. The lowest BCUT2D eigenvalue weighted by atomic mass is 10.1. The van der Waals surface area contributed by atoms with Crippen LogP contribution in [0.1, 0.15) is 20.8 Å². The quantitative estimate of drug-likeness (QED) is 0.521. The molecular formula is C11H16O8. The van der Waals surface area contributed by atoms with Crippen LogP contribution in [0.15, 0.2) is 0 Å². The van der Waals surface area contributed by atoms with Crippen molar-refractivity contribution in [3.8, 4) is 0 Å². The van der Waals surface area contributed by atoms with Gasteiger partial charge in [0.15, 0.2) is 6.10 Å². The summed E-state index contributed by atoms with van der Waals surface area (Å²) in [5.41, 5.74) is 0. The summed E-state index contributed by atoms with van der Waals surface area (Å²) in [7, 11) is 0. The van der Waals surface area contributed by atoms with Gasteiger partial charge in [-0.2, -0.15) is 0 Å². The van der Waals surface area contributed by atoms with Crippen LogP contribution in [0.4, 0.5) is 0 Å². The van der Waals surface area contributed by atoms with Gasteiger partial charge in [-0.1, -0.05) is 0 Å². The molecule has 1 aliphatic rings. The van der Waals surface area contributed by atoms with Crippen LogP contribution in [0.3, 0.4) is 0 Å². The molecule has 0 aromatic rings. The first-order chi connectivity index (χ1) is 8.85. The van der Waals surface area contributed by atoms with Crippen molar-refractivity contribution in [3.63, 3.8) is 0 Å². The van der Waals surface area contributed by atoms with Gasteiger partial charge in [-0.15, -0.1) is 0 Å². The van der Waals surface area contributed by atoms with Crippen molar-refractivity contribution in [1.82, 2.24) is 0 Å². The maximum Gasteiger partial charge on any atom is 0.305 e. The number of hydrogen-bond acceptors (Lipinski definition) is 8. The van der Waals surface area contributed by atoms with Gasteiger partial charge < -0.3 is 24.1 Å². The van der Waals surface area contributed by atoms with E-state index in [-0.39, 0.29) is 0 Å². The normalized spacial score (nSPS) is 29.7. The molecule has 0 radical (unpaired) electrons. The first-order valence-corrected chi connectivity index (χ1v) is 5.63. The fourth-order valence-electron chi connectivity index (χ4n) is 1.75. The summed E-state index contributed by atoms with van der Waals surface area (Å²) in [4.78, 5) is 33.0. The summed E-state index contributed by atoms with van der Waals surface area (Å²) in [6.07, 6.45) is -4.29. The summed E-state index contributed by atoms with van der Waals surface area (Å²) in [5, 5.41) is 9.16. The van der Waals surface area contributed by atoms with Gasteiger partial charge in [-0.05, 0) is 0 Å². The lowest BCUT2D eigenvalue weighted by Crippen LogP contribution is -2.41. The Hall–Kier alpha value is -1.67. The number of carbonyl (C=O) groups is 3. The average Bonchev–Trinajstić information content (AvgIpc) is 2.55. The molecule has 2 unspecified atom stereocenters. The zero-order valence-electron chi connectivity index (χ0n) is 10.8. The minimum absolute atomic E-state index is 0.479. The van der Waals surface area contributed by atoms with E-state index in [1.807, 2.05) is 0 Å². The van der Waals surface area contributed by atoms with E-state index >= 15 is 0 Å². The minimum Gasteiger partial charge on any atom is -0.455 e. The molecule has 1 rings (SSSR count). The Morgan fingerprint density at radius 3 is 1.84 bits per heavy atom. The van der Waals surface area contributed by atoms with E-state index in [0.29, 0.717) is 0 Å². The van der Waals surface area contributed by atoms with Crippen LogP contribution in [0, 0.1) is 0 Å². The molecule has 108 valence electrons. The number of aliphatic hydroxyl groups is 1. The Morgan fingerprint density at radius 2 is 1.42 bits per heavy atom. The van der Waals surface area contributed by atoms with Gasteiger partial charge >= 0.3 is 17.9 Å². The van der Waals surface area contributed by atoms with Gasteiger partial charge in [-0.25, -0.2) is 0 Å². The first-order valence-electron chi connectivity index (χ1n) is 5.63. The van der Waals surface area contributed by atoms with E-state index < -0.39 is 49.1 Å². The molecule has 0 aromatic heterocycles. The highest BCUT2D eigenvalue weighted by molar-refractivity contribution is 5.68. The summed E-state index contributed by atoms with van der Waals surface area (Å²) in [5.74, 6) is -1.93. The van der Waals surface area contributed by atoms with Crippen LogP contribution in [0.5, 0.6) is 0 Å². The number of hydrogen-bond donors (Lipinski definition) is 1. The topological polar surface area (TPSA) is 108 Å². The Bertz CT molecular complexity index is 366. The molecule has 1 fully saturated rings. The van der Waals surface area contributed by atoms with Crippen LogP contribution in [-0.2, 0) is 33.3 Å². The second-order valence-electron chi connectivity index (χ2n) is 3.98. The van der Waals surface area contributed by atoms with E-state index in [9.17, 15) is 14.4 Å². The van der Waals surface area contributed by atoms with Crippen LogP contribution >= 0.6 is 0 Å². The van der Waals surface area contributed by atoms with Gasteiger partial charge in [0.1, 0.15) is 6.10 Å². The van der Waals surface area contributed by atoms with Gasteiger partial charge in [0.2, 0.25) is 12.4 Å². The number of rotatable bonds is 4. The molecule has 4 atom stereocenters. The molecule has 1 N–H and O–H groups in total. The molecule has 8 nitrogen and oxygen atoms in total. The van der Waals surface area contributed by atoms with E-state index in [2.05, 4.69) is 0 Å². The van der Waals surface area contributed by atoms with Crippen LogP contribution in [0.2, 0.25) is 0 Å². The van der Waals surface area contributed by atoms with E-state index in [1.165, 1.54) is 6.92 Å². The molecule has 8 heteroatoms. The fourth-order valence-corrected chi connectivity index (χ4v) is 1.75. The van der Waals surface area contributed by atoms with E-state index in [1.54, 1.807) is 0 Å². The molecule has 0 spiro atoms. The first kappa shape index (κ1) is 15.4. The SMILES string of the molecule is CC(=O)OC1O[C@H](CO)C(OC(C)=O)[C@@H]1OC(C)=O. The second kappa shape index (κ2) is 6.48. The maximum atomic E-state index is 11.0. The highest BCUT2D eigenvalue weighted by Gasteiger charge is 2.50. The average molecular weight is 276 g/mol. The Kier molecular flexibility index (Phi) is 5.25. The highest BCUT2D eigenvalue weighted by Crippen LogP contribution is 2.27. The van der Waals surface area contributed by atoms with Crippen molar-refractivity contribution in [2.75, 3.05) is 6.61 Å². The Balaban J connectivity index is 2.90. The van der Waals surface area contributed by atoms with Crippen molar-refractivity contribution in [1.29, 1.82) is 0 Å². The second-order valence-corrected chi connectivity index (χ2v) is 3.98. The smallest absolute Gasteiger partial charge is 0.305 e. The van der Waals surface area contributed by atoms with Gasteiger partial charge in [0, 0.05) is 20.8 Å². The van der Waals surface area contributed by atoms with Crippen molar-refractivity contribution >= 4 is 17.9 Å². The van der Waals surface area contributed by atoms with Crippen molar-refractivity contribution in [2.24, 2.45) is 0 Å². The van der Waals surface area contributed by atoms with Crippen LogP contribution in [-0.4, -0.2) is 54.2 Å². The van der Waals surface area contributed by atoms with Crippen molar-refractivity contribution in [3.05, 3.63) is 0 Å². The molecule has 0 aliphatic carbocycles. The number of esters is 3. The predicted octanol–water partition coefficient (Wildman–Crippen LogP) is -0.870. The van der Waals surface area contributed by atoms with Gasteiger partial charge in [0.05, 0.1) is 6.61 Å². The number of aliphatic hydroxyl groups excluding tert-OH is 1. The largest absolute Gasteiger partial charge is 0.455 e. The van der Waals surface area contributed by atoms with Crippen LogP contribution < -0.4 is 0 Å². The predicted molar refractivity (Wildman–Crippen MR) is 58.6 cm³/mol. The molecule has 0 saturated carbocycles. The lowest BCUT2D eigenvalue weighted by Gasteiger charge is -2.22. The third kappa shape index (κ3) is 4.18. The molecule has 1 aliphatic heterocycles. The van der Waals surface area contributed by atoms with Crippen LogP contribution in [0.25, 0.3) is 0 Å². The zero-order valence-corrected chi connectivity index (χ0v) is 10.8. The van der Waals surface area contributed by atoms with E-state index in [4.69, 9.17) is 24.1 Å². The van der Waals surface area contributed by atoms with Crippen molar-refractivity contribution < 1.29 is 38.4 Å². The molecule has 0 bridgehead atoms. The summed E-state index contributed by atoms with van der Waals surface area (Å²) >= 11 is 0. The van der Waals surface area contributed by atoms with Crippen molar-refractivity contribution in [2.45, 2.75) is 45.4 Å². The third-order valence-corrected chi connectivity index (χ3v) is 2.33. The molecule has 1 heterocycles. The number of carbonyl (C=O) groups excluding carboxylic acids is 3. The number of ether oxygens (including phenoxy) is 4. The summed E-state index contributed by atoms with van der Waals surface area (Å²) in [6.45, 7) is 3.00. The molecule has 0 aromatic carbocycles. The standard InChI is InChI=1S/C11H16O8/c1-5(13)16-9-8(4-12)19-11(18-7(3)15)10(9)17-6(2)14/h8-12H,4H2,1-3H3/t8-,9?,10+,11?/m1/s1. The minimum atomic E-state index is -1.22. The lowest BCUT2D eigenvalue weighted by molar-refractivity contribution is -0.196. The monoisotopic (exact) mass is 276 g/mol. The highest BCUT2D eigenvalue weighted by atomic mass is 16.7. The van der Waals surface area contributed by atoms with E-state index in [0.717, 1.165) is 13.8 Å². The van der Waals surface area contributed by atoms with Gasteiger partial charge in [0.25, 0.3) is 0 Å². The Labute approximate surface area is 109 Å². The summed E-state index contributed by atoms with van der Waals surface area (Å²) < 4.78 is 19.9.